The third kappa shape index (κ3) is 4.77. The number of benzene rings is 1. The number of nitrogens with one attached hydrogen (secondary N) is 1. The second kappa shape index (κ2) is 7.50. The van der Waals surface area contributed by atoms with Crippen molar-refractivity contribution >= 4 is 5.91 Å². The van der Waals surface area contributed by atoms with Crippen molar-refractivity contribution in [2.75, 3.05) is 0 Å². The topological polar surface area (TPSA) is 55.1 Å². The molecule has 21 heavy (non-hydrogen) atoms. The summed E-state index contributed by atoms with van der Waals surface area (Å²) in [6, 6.07) is 2.75. The summed E-state index contributed by atoms with van der Waals surface area (Å²) in [6.45, 7) is 0.0311. The van der Waals surface area contributed by atoms with Gasteiger partial charge in [-0.2, -0.15) is 0 Å². The zero-order chi connectivity index (χ0) is 15.2. The van der Waals surface area contributed by atoms with Gasteiger partial charge >= 0.3 is 0 Å². The highest BCUT2D eigenvalue weighted by Crippen LogP contribution is 2.26. The van der Waals surface area contributed by atoms with E-state index >= 15 is 0 Å². The summed E-state index contributed by atoms with van der Waals surface area (Å²) < 4.78 is 26.2. The fourth-order valence-electron chi connectivity index (χ4n) is 2.87. The number of carbonyl (C=O) groups excluding carboxylic acids is 1. The lowest BCUT2D eigenvalue weighted by molar-refractivity contribution is -0.123. The molecule has 0 saturated heterocycles. The third-order valence-corrected chi connectivity index (χ3v) is 4.12. The molecule has 1 atom stereocenters. The molecule has 1 aliphatic carbocycles. The van der Waals surface area contributed by atoms with Gasteiger partial charge in [0.15, 0.2) is 0 Å². The molecule has 3 nitrogen and oxygen atoms in total. The largest absolute Gasteiger partial charge is 0.351 e. The number of nitrogens with two attached hydrogens (primary N) is 1. The minimum atomic E-state index is -0.656. The molecule has 5 heteroatoms. The molecule has 1 aromatic carbocycles. The van der Waals surface area contributed by atoms with Crippen LogP contribution in [0.1, 0.15) is 44.1 Å². The van der Waals surface area contributed by atoms with Gasteiger partial charge < -0.3 is 11.1 Å². The van der Waals surface area contributed by atoms with Gasteiger partial charge in [-0.05, 0) is 18.4 Å². The second-order valence-corrected chi connectivity index (χ2v) is 5.80. The highest BCUT2D eigenvalue weighted by atomic mass is 19.1. The zero-order valence-corrected chi connectivity index (χ0v) is 12.1. The van der Waals surface area contributed by atoms with Crippen LogP contribution in [0.25, 0.3) is 0 Å². The number of amides is 1. The van der Waals surface area contributed by atoms with Crippen LogP contribution in [-0.4, -0.2) is 11.9 Å². The van der Waals surface area contributed by atoms with Gasteiger partial charge in [0.25, 0.3) is 0 Å². The average molecular weight is 296 g/mol. The Morgan fingerprint density at radius 3 is 2.67 bits per heavy atom. The van der Waals surface area contributed by atoms with Gasteiger partial charge in [-0.25, -0.2) is 8.78 Å². The van der Waals surface area contributed by atoms with Crippen LogP contribution in [0.4, 0.5) is 8.78 Å². The van der Waals surface area contributed by atoms with E-state index < -0.39 is 17.7 Å². The maximum Gasteiger partial charge on any atom is 0.237 e. The van der Waals surface area contributed by atoms with Crippen molar-refractivity contribution in [3.8, 4) is 0 Å². The van der Waals surface area contributed by atoms with E-state index in [1.165, 1.54) is 31.4 Å². The molecular formula is C16H22F2N2O. The quantitative estimate of drug-likeness (QED) is 0.878. The van der Waals surface area contributed by atoms with E-state index in [1.54, 1.807) is 0 Å². The molecule has 1 unspecified atom stereocenters. The SMILES string of the molecule is NC(CC1CCCCC1)C(=O)NCc1ccc(F)cc1F. The summed E-state index contributed by atoms with van der Waals surface area (Å²) in [6.07, 6.45) is 6.63. The van der Waals surface area contributed by atoms with Gasteiger partial charge in [-0.15, -0.1) is 0 Å². The summed E-state index contributed by atoms with van der Waals surface area (Å²) >= 11 is 0. The van der Waals surface area contributed by atoms with Crippen LogP contribution in [0, 0.1) is 17.6 Å². The normalized spacial score (nSPS) is 17.5. The van der Waals surface area contributed by atoms with Gasteiger partial charge in [-0.3, -0.25) is 4.79 Å². The van der Waals surface area contributed by atoms with Crippen molar-refractivity contribution in [3.63, 3.8) is 0 Å². The first kappa shape index (κ1) is 15.9. The van der Waals surface area contributed by atoms with E-state index in [4.69, 9.17) is 5.73 Å². The fourth-order valence-corrected chi connectivity index (χ4v) is 2.87. The summed E-state index contributed by atoms with van der Waals surface area (Å²) in [5.41, 5.74) is 6.17. The molecule has 2 rings (SSSR count). The molecule has 0 bridgehead atoms. The molecule has 0 aromatic heterocycles. The minimum Gasteiger partial charge on any atom is -0.351 e. The van der Waals surface area contributed by atoms with Gasteiger partial charge in [0.05, 0.1) is 6.04 Å². The van der Waals surface area contributed by atoms with Crippen LogP contribution in [0.15, 0.2) is 18.2 Å². The fraction of sp³-hybridized carbons (Fsp3) is 0.562. The first-order valence-electron chi connectivity index (χ1n) is 7.53. The first-order chi connectivity index (χ1) is 10.1. The predicted octanol–water partition coefficient (Wildman–Crippen LogP) is 2.88. The van der Waals surface area contributed by atoms with Crippen molar-refractivity contribution in [1.82, 2.24) is 5.32 Å². The van der Waals surface area contributed by atoms with E-state index in [1.807, 2.05) is 0 Å². The molecule has 116 valence electrons. The predicted molar refractivity (Wildman–Crippen MR) is 77.4 cm³/mol. The maximum atomic E-state index is 13.5. The number of halogens is 2. The Labute approximate surface area is 123 Å². The number of rotatable bonds is 5. The third-order valence-electron chi connectivity index (χ3n) is 4.12. The second-order valence-electron chi connectivity index (χ2n) is 5.80. The van der Waals surface area contributed by atoms with E-state index in [2.05, 4.69) is 5.32 Å². The number of carbonyl (C=O) groups is 1. The minimum absolute atomic E-state index is 0.0311. The van der Waals surface area contributed by atoms with Crippen molar-refractivity contribution in [2.45, 2.75) is 51.1 Å². The monoisotopic (exact) mass is 296 g/mol. The van der Waals surface area contributed by atoms with E-state index in [0.29, 0.717) is 12.3 Å². The molecule has 1 aliphatic rings. The van der Waals surface area contributed by atoms with Crippen LogP contribution in [-0.2, 0) is 11.3 Å². The average Bonchev–Trinajstić information content (AvgIpc) is 2.47. The molecule has 1 saturated carbocycles. The molecule has 1 aromatic rings. The Balaban J connectivity index is 1.80. The van der Waals surface area contributed by atoms with E-state index in [-0.39, 0.29) is 18.0 Å². The van der Waals surface area contributed by atoms with Crippen molar-refractivity contribution in [3.05, 3.63) is 35.4 Å². The molecular weight excluding hydrogens is 274 g/mol. The summed E-state index contributed by atoms with van der Waals surface area (Å²) in [5, 5.41) is 2.62. The van der Waals surface area contributed by atoms with Gasteiger partial charge in [0.1, 0.15) is 11.6 Å². The maximum absolute atomic E-state index is 13.5. The molecule has 0 radical (unpaired) electrons. The highest BCUT2D eigenvalue weighted by Gasteiger charge is 2.21. The van der Waals surface area contributed by atoms with E-state index in [0.717, 1.165) is 18.9 Å². The van der Waals surface area contributed by atoms with Gasteiger partial charge in [0, 0.05) is 18.2 Å². The number of hydrogen-bond donors (Lipinski definition) is 2. The van der Waals surface area contributed by atoms with Crippen LogP contribution in [0.5, 0.6) is 0 Å². The summed E-state index contributed by atoms with van der Waals surface area (Å²) in [5.74, 6) is -1.04. The number of hydrogen-bond acceptors (Lipinski definition) is 2. The standard InChI is InChI=1S/C16H22F2N2O/c17-13-7-6-12(14(18)9-13)10-20-16(21)15(19)8-11-4-2-1-3-5-11/h6-7,9,11,15H,1-5,8,10,19H2,(H,20,21). The molecule has 3 N–H and O–H groups in total. The lowest BCUT2D eigenvalue weighted by Crippen LogP contribution is -2.41. The molecule has 1 fully saturated rings. The summed E-state index contributed by atoms with van der Waals surface area (Å²) in [4.78, 5) is 11.9. The Kier molecular flexibility index (Phi) is 5.67. The molecule has 1 amide bonds. The zero-order valence-electron chi connectivity index (χ0n) is 12.1. The van der Waals surface area contributed by atoms with Crippen LogP contribution in [0.3, 0.4) is 0 Å². The van der Waals surface area contributed by atoms with Crippen LogP contribution in [0.2, 0.25) is 0 Å². The Bertz CT molecular complexity index is 487. The highest BCUT2D eigenvalue weighted by molar-refractivity contribution is 5.81. The Morgan fingerprint density at radius 2 is 2.00 bits per heavy atom. The molecule has 0 aliphatic heterocycles. The smallest absolute Gasteiger partial charge is 0.237 e. The lowest BCUT2D eigenvalue weighted by atomic mass is 9.85. The summed E-state index contributed by atoms with van der Waals surface area (Å²) in [7, 11) is 0. The molecule has 0 spiro atoms. The first-order valence-corrected chi connectivity index (χ1v) is 7.53. The van der Waals surface area contributed by atoms with Crippen LogP contribution >= 0.6 is 0 Å². The Morgan fingerprint density at radius 1 is 1.29 bits per heavy atom. The van der Waals surface area contributed by atoms with Crippen molar-refractivity contribution in [1.29, 1.82) is 0 Å². The van der Waals surface area contributed by atoms with E-state index in [9.17, 15) is 13.6 Å². The van der Waals surface area contributed by atoms with Gasteiger partial charge in [-0.1, -0.05) is 38.2 Å². The Hall–Kier alpha value is -1.49. The lowest BCUT2D eigenvalue weighted by Gasteiger charge is -2.24. The van der Waals surface area contributed by atoms with Crippen LogP contribution < -0.4 is 11.1 Å². The van der Waals surface area contributed by atoms with Gasteiger partial charge in [0.2, 0.25) is 5.91 Å². The molecule has 0 heterocycles. The van der Waals surface area contributed by atoms with Crippen molar-refractivity contribution in [2.24, 2.45) is 11.7 Å². The van der Waals surface area contributed by atoms with Crippen molar-refractivity contribution < 1.29 is 13.6 Å².